The molecule has 4 heteroatoms. The molecule has 1 aromatic heterocycles. The van der Waals surface area contributed by atoms with Gasteiger partial charge in [-0.2, -0.15) is 0 Å². The summed E-state index contributed by atoms with van der Waals surface area (Å²) in [7, 11) is 1.37. The number of nitrogens with zero attached hydrogens (tertiary/aromatic N) is 1. The Morgan fingerprint density at radius 3 is 2.48 bits per heavy atom. The fraction of sp³-hybridized carbons (Fsp3) is 0.130. The number of methoxy groups -OCH3 is 1. The predicted octanol–water partition coefficient (Wildman–Crippen LogP) is 4.83. The van der Waals surface area contributed by atoms with E-state index in [9.17, 15) is 9.59 Å². The number of fused-ring (bicyclic) bond motifs is 2. The molecule has 0 bridgehead atoms. The van der Waals surface area contributed by atoms with Crippen LogP contribution in [0.2, 0.25) is 0 Å². The van der Waals surface area contributed by atoms with Gasteiger partial charge in [-0.05, 0) is 35.4 Å². The summed E-state index contributed by atoms with van der Waals surface area (Å²) >= 11 is 0. The van der Waals surface area contributed by atoms with Crippen molar-refractivity contribution in [3.8, 4) is 0 Å². The third kappa shape index (κ3) is 3.10. The number of benzene rings is 3. The molecule has 0 saturated carbocycles. The first kappa shape index (κ1) is 17.0. The number of carbonyl (C=O) groups is 2. The summed E-state index contributed by atoms with van der Waals surface area (Å²) in [5, 5.41) is 3.14. The maximum atomic E-state index is 12.2. The van der Waals surface area contributed by atoms with Gasteiger partial charge in [-0.3, -0.25) is 4.79 Å². The molecule has 0 saturated heterocycles. The Morgan fingerprint density at radius 2 is 1.74 bits per heavy atom. The number of carbonyl (C=O) groups excluding carboxylic acids is 2. The summed E-state index contributed by atoms with van der Waals surface area (Å²) < 4.78 is 6.92. The number of esters is 1. The first-order valence-corrected chi connectivity index (χ1v) is 8.76. The normalized spacial score (nSPS) is 11.0. The quantitative estimate of drug-likeness (QED) is 0.388. The molecule has 0 aliphatic carbocycles. The molecule has 3 aromatic carbocycles. The topological polar surface area (TPSA) is 48.3 Å². The zero-order valence-electron chi connectivity index (χ0n) is 15.2. The summed E-state index contributed by atoms with van der Waals surface area (Å²) in [5.74, 6) is -0.386. The van der Waals surface area contributed by atoms with Crippen LogP contribution in [0.1, 0.15) is 33.2 Å². The van der Waals surface area contributed by atoms with Gasteiger partial charge in [0.15, 0.2) is 5.78 Å². The molecule has 4 aromatic rings. The van der Waals surface area contributed by atoms with E-state index in [4.69, 9.17) is 4.74 Å². The molecule has 27 heavy (non-hydrogen) atoms. The van der Waals surface area contributed by atoms with E-state index < -0.39 is 0 Å². The highest BCUT2D eigenvalue weighted by Gasteiger charge is 2.17. The van der Waals surface area contributed by atoms with E-state index >= 15 is 0 Å². The van der Waals surface area contributed by atoms with Gasteiger partial charge in [0.2, 0.25) is 0 Å². The monoisotopic (exact) mass is 357 g/mol. The van der Waals surface area contributed by atoms with Crippen molar-refractivity contribution >= 4 is 33.4 Å². The van der Waals surface area contributed by atoms with Gasteiger partial charge in [-0.25, -0.2) is 4.79 Å². The fourth-order valence-electron chi connectivity index (χ4n) is 3.45. The van der Waals surface area contributed by atoms with E-state index in [-0.39, 0.29) is 11.8 Å². The van der Waals surface area contributed by atoms with Gasteiger partial charge in [-0.1, -0.05) is 48.5 Å². The van der Waals surface area contributed by atoms with Gasteiger partial charge < -0.3 is 9.30 Å². The van der Waals surface area contributed by atoms with E-state index in [1.165, 1.54) is 17.9 Å². The molecule has 0 unspecified atom stereocenters. The second-order valence-corrected chi connectivity index (χ2v) is 6.63. The van der Waals surface area contributed by atoms with Gasteiger partial charge in [0.05, 0.1) is 12.7 Å². The molecule has 134 valence electrons. The second-order valence-electron chi connectivity index (χ2n) is 6.63. The Kier molecular flexibility index (Phi) is 4.24. The minimum atomic E-state index is -0.382. The lowest BCUT2D eigenvalue weighted by Crippen LogP contribution is -2.01. The summed E-state index contributed by atoms with van der Waals surface area (Å²) in [5.41, 5.74) is 3.09. The predicted molar refractivity (Wildman–Crippen MR) is 106 cm³/mol. The minimum Gasteiger partial charge on any atom is -0.465 e. The maximum absolute atomic E-state index is 12.2. The molecular weight excluding hydrogens is 338 g/mol. The molecule has 0 aliphatic heterocycles. The maximum Gasteiger partial charge on any atom is 0.340 e. The van der Waals surface area contributed by atoms with Crippen LogP contribution in [0.25, 0.3) is 21.7 Å². The number of Topliss-reactive ketones (excluding diaryl/α,β-unsaturated/α-hetero) is 1. The summed E-state index contributed by atoms with van der Waals surface area (Å²) in [6, 6.07) is 19.9. The average molecular weight is 357 g/mol. The minimum absolute atomic E-state index is 0.00465. The molecule has 4 nitrogen and oxygen atoms in total. The lowest BCUT2D eigenvalue weighted by Gasteiger charge is -2.08. The Morgan fingerprint density at radius 1 is 0.963 bits per heavy atom. The average Bonchev–Trinajstić information content (AvgIpc) is 3.05. The number of hydrogen-bond acceptors (Lipinski definition) is 3. The van der Waals surface area contributed by atoms with Crippen molar-refractivity contribution in [2.45, 2.75) is 13.5 Å². The Labute approximate surface area is 157 Å². The van der Waals surface area contributed by atoms with E-state index in [1.807, 2.05) is 28.8 Å². The molecule has 4 rings (SSSR count). The third-order valence-corrected chi connectivity index (χ3v) is 4.86. The molecular formula is C23H19NO3. The standard InChI is InChI=1S/C23H19NO3/c1-15(25)18-9-10-20-21(23(26)27-2)14-24(22(20)12-18)13-16-7-8-17-5-3-4-6-19(17)11-16/h3-12,14H,13H2,1-2H3. The van der Waals surface area contributed by atoms with Crippen LogP contribution in [0, 0.1) is 0 Å². The Bertz CT molecular complexity index is 1190. The third-order valence-electron chi connectivity index (χ3n) is 4.86. The molecule has 0 aliphatic rings. The lowest BCUT2D eigenvalue weighted by molar-refractivity contribution is 0.0602. The van der Waals surface area contributed by atoms with Gasteiger partial charge >= 0.3 is 5.97 Å². The highest BCUT2D eigenvalue weighted by Crippen LogP contribution is 2.26. The second kappa shape index (κ2) is 6.72. The van der Waals surface area contributed by atoms with E-state index in [2.05, 4.69) is 30.3 Å². The Hall–Kier alpha value is -3.40. The number of rotatable bonds is 4. The van der Waals surface area contributed by atoms with E-state index in [0.717, 1.165) is 16.5 Å². The van der Waals surface area contributed by atoms with Crippen molar-refractivity contribution in [1.29, 1.82) is 0 Å². The van der Waals surface area contributed by atoms with Crippen molar-refractivity contribution in [3.05, 3.63) is 83.6 Å². The van der Waals surface area contributed by atoms with Gasteiger partial charge in [0.25, 0.3) is 0 Å². The van der Waals surface area contributed by atoms with Gasteiger partial charge in [-0.15, -0.1) is 0 Å². The van der Waals surface area contributed by atoms with Crippen LogP contribution in [0.15, 0.2) is 66.9 Å². The van der Waals surface area contributed by atoms with Crippen LogP contribution in [-0.4, -0.2) is 23.4 Å². The Balaban J connectivity index is 1.84. The van der Waals surface area contributed by atoms with Crippen molar-refractivity contribution in [2.24, 2.45) is 0 Å². The van der Waals surface area contributed by atoms with Crippen molar-refractivity contribution in [3.63, 3.8) is 0 Å². The molecule has 0 atom stereocenters. The van der Waals surface area contributed by atoms with Crippen molar-refractivity contribution in [1.82, 2.24) is 4.57 Å². The number of ether oxygens (including phenoxy) is 1. The first-order valence-electron chi connectivity index (χ1n) is 8.76. The smallest absolute Gasteiger partial charge is 0.340 e. The van der Waals surface area contributed by atoms with Crippen LogP contribution in [0.5, 0.6) is 0 Å². The SMILES string of the molecule is COC(=O)c1cn(Cc2ccc3ccccc3c2)c2cc(C(C)=O)ccc12. The lowest BCUT2D eigenvalue weighted by atomic mass is 10.1. The zero-order valence-corrected chi connectivity index (χ0v) is 15.2. The van der Waals surface area contributed by atoms with Crippen LogP contribution in [-0.2, 0) is 11.3 Å². The molecule has 0 N–H and O–H groups in total. The van der Waals surface area contributed by atoms with Crippen LogP contribution in [0.3, 0.4) is 0 Å². The summed E-state index contributed by atoms with van der Waals surface area (Å²) in [6.45, 7) is 2.14. The van der Waals surface area contributed by atoms with Gasteiger partial charge in [0.1, 0.15) is 0 Å². The van der Waals surface area contributed by atoms with E-state index in [1.54, 1.807) is 19.2 Å². The number of ketones is 1. The fourth-order valence-corrected chi connectivity index (χ4v) is 3.45. The molecule has 0 amide bonds. The largest absolute Gasteiger partial charge is 0.465 e. The highest BCUT2D eigenvalue weighted by molar-refractivity contribution is 6.06. The highest BCUT2D eigenvalue weighted by atomic mass is 16.5. The van der Waals surface area contributed by atoms with Crippen molar-refractivity contribution < 1.29 is 14.3 Å². The van der Waals surface area contributed by atoms with Crippen molar-refractivity contribution in [2.75, 3.05) is 7.11 Å². The van der Waals surface area contributed by atoms with Gasteiger partial charge in [0, 0.05) is 29.2 Å². The van der Waals surface area contributed by atoms with Crippen LogP contribution >= 0.6 is 0 Å². The van der Waals surface area contributed by atoms with Crippen LogP contribution in [0.4, 0.5) is 0 Å². The first-order chi connectivity index (χ1) is 13.1. The zero-order chi connectivity index (χ0) is 19.0. The number of hydrogen-bond donors (Lipinski definition) is 0. The molecule has 0 radical (unpaired) electrons. The summed E-state index contributed by atoms with van der Waals surface area (Å²) in [6.07, 6.45) is 1.80. The summed E-state index contributed by atoms with van der Waals surface area (Å²) in [4.78, 5) is 24.0. The molecule has 0 fully saturated rings. The van der Waals surface area contributed by atoms with E-state index in [0.29, 0.717) is 17.7 Å². The van der Waals surface area contributed by atoms with Crippen LogP contribution < -0.4 is 0 Å². The molecule has 0 spiro atoms. The molecule has 1 heterocycles. The number of aromatic nitrogens is 1.